The maximum atomic E-state index is 14.7. The van der Waals surface area contributed by atoms with Crippen molar-refractivity contribution in [2.75, 3.05) is 5.32 Å². The lowest BCUT2D eigenvalue weighted by atomic mass is 10.1. The fourth-order valence-electron chi connectivity index (χ4n) is 4.27. The molecule has 0 radical (unpaired) electrons. The molecule has 8 heteroatoms. The Morgan fingerprint density at radius 3 is 2.71 bits per heavy atom. The van der Waals surface area contributed by atoms with E-state index in [2.05, 4.69) is 15.5 Å². The molecular formula is C26H24FN5O2. The molecule has 0 saturated carbocycles. The Morgan fingerprint density at radius 2 is 1.85 bits per heavy atom. The highest BCUT2D eigenvalue weighted by Crippen LogP contribution is 2.27. The van der Waals surface area contributed by atoms with Gasteiger partial charge in [0, 0.05) is 24.8 Å². The van der Waals surface area contributed by atoms with E-state index in [1.807, 2.05) is 34.9 Å². The van der Waals surface area contributed by atoms with Crippen molar-refractivity contribution < 1.29 is 9.18 Å². The van der Waals surface area contributed by atoms with Gasteiger partial charge in [0.15, 0.2) is 5.82 Å². The smallest absolute Gasteiger partial charge is 0.263 e. The Bertz CT molecular complexity index is 1390. The number of rotatable bonds is 5. The molecule has 7 nitrogen and oxygen atoms in total. The van der Waals surface area contributed by atoms with Gasteiger partial charge < -0.3 is 14.5 Å². The van der Waals surface area contributed by atoms with Crippen LogP contribution in [0.1, 0.15) is 41.0 Å². The van der Waals surface area contributed by atoms with E-state index in [1.54, 1.807) is 18.3 Å². The molecular weight excluding hydrogens is 433 g/mol. The lowest BCUT2D eigenvalue weighted by Crippen LogP contribution is -2.29. The summed E-state index contributed by atoms with van der Waals surface area (Å²) in [6.07, 6.45) is 5.59. The summed E-state index contributed by atoms with van der Waals surface area (Å²) in [5, 5.41) is 11.2. The summed E-state index contributed by atoms with van der Waals surface area (Å²) in [5.41, 5.74) is 1.23. The number of hydrogen-bond donors (Lipinski definition) is 1. The van der Waals surface area contributed by atoms with Gasteiger partial charge in [-0.2, -0.15) is 0 Å². The maximum absolute atomic E-state index is 14.7. The van der Waals surface area contributed by atoms with E-state index in [-0.39, 0.29) is 11.1 Å². The standard InChI is InChI=1S/C26H24FN5O2/c27-22-13-12-19(16-21(22)24-30-29-23-11-5-2-6-15-32(23)24)28-25(33)20-10-7-14-31(26(20)34)17-18-8-3-1-4-9-18/h1,3-4,7-10,12-14,16H,2,5-6,11,15,17H2,(H,28,33). The number of halogens is 1. The van der Waals surface area contributed by atoms with Crippen LogP contribution in [0.3, 0.4) is 0 Å². The predicted octanol–water partition coefficient (Wildman–Crippen LogP) is 4.27. The van der Waals surface area contributed by atoms with Gasteiger partial charge in [-0.3, -0.25) is 9.59 Å². The molecule has 5 rings (SSSR count). The minimum absolute atomic E-state index is 0.0145. The molecule has 0 spiro atoms. The molecule has 34 heavy (non-hydrogen) atoms. The summed E-state index contributed by atoms with van der Waals surface area (Å²) in [4.78, 5) is 25.9. The van der Waals surface area contributed by atoms with Crippen LogP contribution < -0.4 is 10.9 Å². The second-order valence-corrected chi connectivity index (χ2v) is 8.39. The van der Waals surface area contributed by atoms with E-state index >= 15 is 0 Å². The molecule has 172 valence electrons. The van der Waals surface area contributed by atoms with Crippen LogP contribution in [0.25, 0.3) is 11.4 Å². The second kappa shape index (κ2) is 9.43. The summed E-state index contributed by atoms with van der Waals surface area (Å²) in [6, 6.07) is 17.0. The molecule has 0 aliphatic carbocycles. The lowest BCUT2D eigenvalue weighted by molar-refractivity contribution is 0.102. The van der Waals surface area contributed by atoms with Gasteiger partial charge in [0.25, 0.3) is 11.5 Å². The van der Waals surface area contributed by atoms with E-state index in [4.69, 9.17) is 0 Å². The second-order valence-electron chi connectivity index (χ2n) is 8.39. The van der Waals surface area contributed by atoms with Crippen LogP contribution in [0.15, 0.2) is 71.7 Å². The van der Waals surface area contributed by atoms with Crippen LogP contribution in [-0.4, -0.2) is 25.2 Å². The van der Waals surface area contributed by atoms with Gasteiger partial charge in [0.2, 0.25) is 0 Å². The van der Waals surface area contributed by atoms with Crippen molar-refractivity contribution in [2.45, 2.75) is 38.8 Å². The van der Waals surface area contributed by atoms with Crippen LogP contribution >= 0.6 is 0 Å². The number of pyridine rings is 1. The number of aromatic nitrogens is 4. The van der Waals surface area contributed by atoms with E-state index in [0.29, 0.717) is 18.1 Å². The van der Waals surface area contributed by atoms with Crippen molar-refractivity contribution in [3.63, 3.8) is 0 Å². The normalized spacial score (nSPS) is 13.2. The third kappa shape index (κ3) is 4.39. The Kier molecular flexibility index (Phi) is 6.03. The fraction of sp³-hybridized carbons (Fsp3) is 0.231. The quantitative estimate of drug-likeness (QED) is 0.485. The molecule has 0 unspecified atom stereocenters. The number of amides is 1. The average Bonchev–Trinajstić information content (AvgIpc) is 3.09. The van der Waals surface area contributed by atoms with E-state index in [9.17, 15) is 14.0 Å². The zero-order valence-electron chi connectivity index (χ0n) is 18.6. The lowest BCUT2D eigenvalue weighted by Gasteiger charge is -2.11. The van der Waals surface area contributed by atoms with Gasteiger partial charge in [0.05, 0.1) is 12.1 Å². The van der Waals surface area contributed by atoms with Gasteiger partial charge in [0.1, 0.15) is 17.2 Å². The van der Waals surface area contributed by atoms with Crippen LogP contribution in [-0.2, 0) is 19.5 Å². The van der Waals surface area contributed by atoms with Gasteiger partial charge in [-0.1, -0.05) is 36.8 Å². The Labute approximate surface area is 195 Å². The van der Waals surface area contributed by atoms with Crippen molar-refractivity contribution in [1.82, 2.24) is 19.3 Å². The number of hydrogen-bond acceptors (Lipinski definition) is 4. The number of aryl methyl sites for hydroxylation is 1. The van der Waals surface area contributed by atoms with Crippen LogP contribution in [0.5, 0.6) is 0 Å². The van der Waals surface area contributed by atoms with Crippen molar-refractivity contribution in [3.05, 3.63) is 100.0 Å². The molecule has 3 heterocycles. The van der Waals surface area contributed by atoms with Crippen molar-refractivity contribution >= 4 is 11.6 Å². The minimum atomic E-state index is -0.551. The number of benzene rings is 2. The highest BCUT2D eigenvalue weighted by molar-refractivity contribution is 6.04. The molecule has 0 fully saturated rings. The van der Waals surface area contributed by atoms with Crippen LogP contribution in [0.2, 0.25) is 0 Å². The van der Waals surface area contributed by atoms with Gasteiger partial charge in [-0.05, 0) is 48.7 Å². The Balaban J connectivity index is 1.41. The molecule has 1 amide bonds. The first-order valence-electron chi connectivity index (χ1n) is 11.4. The number of fused-ring (bicyclic) bond motifs is 1. The van der Waals surface area contributed by atoms with Crippen LogP contribution in [0.4, 0.5) is 10.1 Å². The van der Waals surface area contributed by atoms with E-state index < -0.39 is 17.3 Å². The van der Waals surface area contributed by atoms with Crippen molar-refractivity contribution in [3.8, 4) is 11.4 Å². The molecule has 0 saturated heterocycles. The van der Waals surface area contributed by atoms with Gasteiger partial charge >= 0.3 is 0 Å². The average molecular weight is 458 g/mol. The number of carbonyl (C=O) groups excluding carboxylic acids is 1. The number of nitrogens with one attached hydrogen (secondary N) is 1. The monoisotopic (exact) mass is 457 g/mol. The molecule has 1 aliphatic rings. The molecule has 1 N–H and O–H groups in total. The summed E-state index contributed by atoms with van der Waals surface area (Å²) in [6.45, 7) is 1.10. The number of carbonyl (C=O) groups is 1. The molecule has 2 aromatic carbocycles. The third-order valence-corrected chi connectivity index (χ3v) is 6.04. The summed E-state index contributed by atoms with van der Waals surface area (Å²) >= 11 is 0. The first-order chi connectivity index (χ1) is 16.6. The Morgan fingerprint density at radius 1 is 1.00 bits per heavy atom. The van der Waals surface area contributed by atoms with Crippen LogP contribution in [0, 0.1) is 5.82 Å². The molecule has 2 aromatic heterocycles. The highest BCUT2D eigenvalue weighted by atomic mass is 19.1. The topological polar surface area (TPSA) is 81.8 Å². The third-order valence-electron chi connectivity index (χ3n) is 6.04. The first-order valence-corrected chi connectivity index (χ1v) is 11.4. The number of nitrogens with zero attached hydrogens (tertiary/aromatic N) is 4. The van der Waals surface area contributed by atoms with Gasteiger partial charge in [-0.25, -0.2) is 4.39 Å². The van der Waals surface area contributed by atoms with Crippen molar-refractivity contribution in [2.24, 2.45) is 0 Å². The summed E-state index contributed by atoms with van der Waals surface area (Å²) < 4.78 is 18.2. The Hall–Kier alpha value is -4.07. The maximum Gasteiger partial charge on any atom is 0.263 e. The summed E-state index contributed by atoms with van der Waals surface area (Å²) in [5.74, 6) is 0.312. The SMILES string of the molecule is O=C(Nc1ccc(F)c(-c2nnc3n2CCCCC3)c1)c1cccn(Cc2ccccc2)c1=O. The fourth-order valence-corrected chi connectivity index (χ4v) is 4.27. The predicted molar refractivity (Wildman–Crippen MR) is 127 cm³/mol. The van der Waals surface area contributed by atoms with Crippen molar-refractivity contribution in [1.29, 1.82) is 0 Å². The zero-order valence-corrected chi connectivity index (χ0v) is 18.6. The summed E-state index contributed by atoms with van der Waals surface area (Å²) in [7, 11) is 0. The largest absolute Gasteiger partial charge is 0.322 e. The highest BCUT2D eigenvalue weighted by Gasteiger charge is 2.20. The number of anilines is 1. The van der Waals surface area contributed by atoms with Gasteiger partial charge in [-0.15, -0.1) is 10.2 Å². The minimum Gasteiger partial charge on any atom is -0.322 e. The molecule has 0 atom stereocenters. The first kappa shape index (κ1) is 21.8. The van der Waals surface area contributed by atoms with E-state index in [1.165, 1.54) is 22.8 Å². The zero-order chi connectivity index (χ0) is 23.5. The molecule has 1 aliphatic heterocycles. The molecule has 4 aromatic rings. The van der Waals surface area contributed by atoms with E-state index in [0.717, 1.165) is 43.6 Å². The molecule has 0 bridgehead atoms.